The summed E-state index contributed by atoms with van der Waals surface area (Å²) in [5.74, 6) is 0.593. The summed E-state index contributed by atoms with van der Waals surface area (Å²) in [4.78, 5) is 23.4. The van der Waals surface area contributed by atoms with Crippen molar-refractivity contribution in [3.8, 4) is 5.88 Å². The molecule has 1 atom stereocenters. The quantitative estimate of drug-likeness (QED) is 0.573. The van der Waals surface area contributed by atoms with Gasteiger partial charge in [-0.1, -0.05) is 0 Å². The number of carbonyl (C=O) groups is 1. The van der Waals surface area contributed by atoms with E-state index in [1.807, 2.05) is 38.3 Å². The summed E-state index contributed by atoms with van der Waals surface area (Å²) in [5.41, 5.74) is 3.30. The number of ether oxygens (including phenoxy) is 1. The maximum Gasteiger partial charge on any atom is 0.226 e. The van der Waals surface area contributed by atoms with Gasteiger partial charge >= 0.3 is 0 Å². The van der Waals surface area contributed by atoms with Crippen LogP contribution in [0.25, 0.3) is 10.2 Å². The summed E-state index contributed by atoms with van der Waals surface area (Å²) < 4.78 is 31.5. The molecular formula is C20H23N3O4S2. The van der Waals surface area contributed by atoms with Crippen molar-refractivity contribution < 1.29 is 17.9 Å². The van der Waals surface area contributed by atoms with Crippen LogP contribution in [0.1, 0.15) is 44.6 Å². The molecule has 154 valence electrons. The molecule has 3 aromatic heterocycles. The van der Waals surface area contributed by atoms with Crippen LogP contribution in [0.3, 0.4) is 0 Å². The largest absolute Gasteiger partial charge is 0.469 e. The highest BCUT2D eigenvalue weighted by Gasteiger charge is 2.31. The zero-order valence-electron chi connectivity index (χ0n) is 16.9. The molecule has 0 saturated carbocycles. The number of nitrogens with zero attached hydrogens (tertiary/aromatic N) is 3. The maximum atomic E-state index is 12.9. The van der Waals surface area contributed by atoms with Gasteiger partial charge in [-0.05, 0) is 45.7 Å². The van der Waals surface area contributed by atoms with E-state index in [1.165, 1.54) is 6.33 Å². The summed E-state index contributed by atoms with van der Waals surface area (Å²) in [6.07, 6.45) is 2.03. The van der Waals surface area contributed by atoms with E-state index < -0.39 is 9.84 Å². The number of hydrogen-bond donors (Lipinski definition) is 0. The average molecular weight is 434 g/mol. The number of hydrogen-bond acceptors (Lipinski definition) is 7. The van der Waals surface area contributed by atoms with E-state index in [0.717, 1.165) is 32.0 Å². The Morgan fingerprint density at radius 1 is 1.28 bits per heavy atom. The van der Waals surface area contributed by atoms with Gasteiger partial charge in [0.05, 0.1) is 16.9 Å². The zero-order chi connectivity index (χ0) is 20.9. The molecule has 0 aliphatic carbocycles. The van der Waals surface area contributed by atoms with Crippen LogP contribution >= 0.6 is 11.3 Å². The first-order chi connectivity index (χ1) is 13.7. The summed E-state index contributed by atoms with van der Waals surface area (Å²) in [6.45, 7) is 7.65. The van der Waals surface area contributed by atoms with Crippen LogP contribution in [0.2, 0.25) is 0 Å². The Balaban J connectivity index is 1.57. The van der Waals surface area contributed by atoms with E-state index in [-0.39, 0.29) is 29.9 Å². The third kappa shape index (κ3) is 3.57. The first-order valence-corrected chi connectivity index (χ1v) is 12.1. The molecule has 29 heavy (non-hydrogen) atoms. The number of sulfone groups is 1. The Bertz CT molecular complexity index is 1220. The molecule has 1 aliphatic rings. The van der Waals surface area contributed by atoms with E-state index in [1.54, 1.807) is 11.3 Å². The van der Waals surface area contributed by atoms with Gasteiger partial charge in [0.25, 0.3) is 0 Å². The number of aryl methyl sites for hydroxylation is 3. The van der Waals surface area contributed by atoms with E-state index in [2.05, 4.69) is 9.97 Å². The van der Waals surface area contributed by atoms with Crippen molar-refractivity contribution in [1.29, 1.82) is 0 Å². The number of ketones is 1. The molecule has 0 aromatic carbocycles. The number of fused-ring (bicyclic) bond motifs is 1. The van der Waals surface area contributed by atoms with E-state index >= 15 is 0 Å². The van der Waals surface area contributed by atoms with Crippen LogP contribution in [-0.2, 0) is 9.84 Å². The average Bonchev–Trinajstić information content (AvgIpc) is 3.26. The molecule has 0 spiro atoms. The van der Waals surface area contributed by atoms with Gasteiger partial charge in [-0.25, -0.2) is 18.4 Å². The molecule has 0 radical (unpaired) electrons. The molecule has 7 nitrogen and oxygen atoms in total. The Labute approximate surface area is 173 Å². The molecule has 0 N–H and O–H groups in total. The molecule has 1 unspecified atom stereocenters. The van der Waals surface area contributed by atoms with Crippen molar-refractivity contribution >= 4 is 37.2 Å². The van der Waals surface area contributed by atoms with Crippen molar-refractivity contribution in [2.24, 2.45) is 0 Å². The Hall–Kier alpha value is -2.26. The van der Waals surface area contributed by atoms with Crippen molar-refractivity contribution in [2.75, 3.05) is 18.1 Å². The zero-order valence-corrected chi connectivity index (χ0v) is 18.5. The van der Waals surface area contributed by atoms with Crippen LogP contribution < -0.4 is 4.74 Å². The Kier molecular flexibility index (Phi) is 4.98. The third-order valence-corrected chi connectivity index (χ3v) is 8.49. The van der Waals surface area contributed by atoms with Gasteiger partial charge in [0.2, 0.25) is 11.7 Å². The van der Waals surface area contributed by atoms with Crippen molar-refractivity contribution in [3.05, 3.63) is 39.8 Å². The number of thiophene rings is 1. The van der Waals surface area contributed by atoms with Gasteiger partial charge in [0, 0.05) is 27.9 Å². The van der Waals surface area contributed by atoms with Crippen LogP contribution in [0.4, 0.5) is 0 Å². The van der Waals surface area contributed by atoms with Crippen molar-refractivity contribution in [3.63, 3.8) is 0 Å². The van der Waals surface area contributed by atoms with Gasteiger partial charge < -0.3 is 9.30 Å². The summed E-state index contributed by atoms with van der Waals surface area (Å²) in [7, 11) is -3.00. The molecule has 1 fully saturated rings. The molecule has 4 heterocycles. The van der Waals surface area contributed by atoms with Gasteiger partial charge in [-0.15, -0.1) is 11.3 Å². The second kappa shape index (κ2) is 7.21. The smallest absolute Gasteiger partial charge is 0.226 e. The molecule has 3 aromatic rings. The highest BCUT2D eigenvalue weighted by Crippen LogP contribution is 2.34. The molecule has 0 bridgehead atoms. The highest BCUT2D eigenvalue weighted by atomic mass is 32.2. The number of rotatable bonds is 5. The van der Waals surface area contributed by atoms with E-state index in [4.69, 9.17) is 4.74 Å². The Morgan fingerprint density at radius 3 is 2.72 bits per heavy atom. The van der Waals surface area contributed by atoms with E-state index in [9.17, 15) is 13.2 Å². The normalized spacial score (nSPS) is 18.4. The number of aromatic nitrogens is 3. The van der Waals surface area contributed by atoms with Crippen LogP contribution in [-0.4, -0.2) is 46.8 Å². The SMILES string of the molecule is Cc1sc2ncnc(OCC(=O)c3cc(C)n(C4CCS(=O)(=O)C4)c3C)c2c1C. The van der Waals surface area contributed by atoms with Crippen molar-refractivity contribution in [2.45, 2.75) is 40.2 Å². The molecule has 1 aliphatic heterocycles. The van der Waals surface area contributed by atoms with Crippen LogP contribution in [0.5, 0.6) is 5.88 Å². The second-order valence-electron chi connectivity index (χ2n) is 7.57. The number of Topliss-reactive ketones (excluding diaryl/α,β-unsaturated/α-hetero) is 1. The van der Waals surface area contributed by atoms with Gasteiger partial charge in [0.15, 0.2) is 16.4 Å². The topological polar surface area (TPSA) is 91.2 Å². The monoisotopic (exact) mass is 433 g/mol. The second-order valence-corrected chi connectivity index (χ2v) is 11.0. The summed E-state index contributed by atoms with van der Waals surface area (Å²) in [6, 6.07) is 1.71. The van der Waals surface area contributed by atoms with E-state index in [0.29, 0.717) is 17.9 Å². The fraction of sp³-hybridized carbons (Fsp3) is 0.450. The molecule has 4 rings (SSSR count). The lowest BCUT2D eigenvalue weighted by Crippen LogP contribution is -2.16. The summed E-state index contributed by atoms with van der Waals surface area (Å²) in [5, 5.41) is 0.851. The molecule has 9 heteroatoms. The highest BCUT2D eigenvalue weighted by molar-refractivity contribution is 7.91. The fourth-order valence-electron chi connectivity index (χ4n) is 4.07. The van der Waals surface area contributed by atoms with Gasteiger partial charge in [-0.3, -0.25) is 4.79 Å². The maximum absolute atomic E-state index is 12.9. The van der Waals surface area contributed by atoms with Crippen LogP contribution in [0.15, 0.2) is 12.4 Å². The van der Waals surface area contributed by atoms with Crippen molar-refractivity contribution in [1.82, 2.24) is 14.5 Å². The van der Waals surface area contributed by atoms with Gasteiger partial charge in [-0.2, -0.15) is 0 Å². The first-order valence-electron chi connectivity index (χ1n) is 9.43. The fourth-order valence-corrected chi connectivity index (χ4v) is 6.76. The minimum absolute atomic E-state index is 0.111. The molecule has 0 amide bonds. The third-order valence-electron chi connectivity index (χ3n) is 5.63. The minimum atomic E-state index is -3.00. The standard InChI is InChI=1S/C20H23N3O4S2/c1-11-7-16(13(3)23(11)15-5-6-29(25,26)9-15)17(24)8-27-19-18-12(2)14(4)28-20(18)22-10-21-19/h7,10,15H,5-6,8-9H2,1-4H3. The number of carbonyl (C=O) groups excluding carboxylic acids is 1. The lowest BCUT2D eigenvalue weighted by Gasteiger charge is -2.16. The lowest BCUT2D eigenvalue weighted by molar-refractivity contribution is 0.0918. The lowest BCUT2D eigenvalue weighted by atomic mass is 10.1. The molecule has 1 saturated heterocycles. The Morgan fingerprint density at radius 2 is 2.03 bits per heavy atom. The minimum Gasteiger partial charge on any atom is -0.469 e. The van der Waals surface area contributed by atoms with Crippen LogP contribution in [0, 0.1) is 27.7 Å². The summed E-state index contributed by atoms with van der Waals surface area (Å²) >= 11 is 1.58. The predicted octanol–water partition coefficient (Wildman–Crippen LogP) is 3.35. The van der Waals surface area contributed by atoms with Gasteiger partial charge in [0.1, 0.15) is 11.2 Å². The molecular weight excluding hydrogens is 410 g/mol. The first kappa shape index (κ1) is 20.0. The predicted molar refractivity (Wildman–Crippen MR) is 113 cm³/mol.